The van der Waals surface area contributed by atoms with Gasteiger partial charge in [-0.1, -0.05) is 23.7 Å². The number of benzene rings is 1. The predicted octanol–water partition coefficient (Wildman–Crippen LogP) is 2.39. The quantitative estimate of drug-likeness (QED) is 0.877. The maximum Gasteiger partial charge on any atom is 0.317 e. The summed E-state index contributed by atoms with van der Waals surface area (Å²) in [7, 11) is 0. The largest absolute Gasteiger partial charge is 0.481 e. The van der Waals surface area contributed by atoms with Gasteiger partial charge in [0.25, 0.3) is 0 Å². The number of aliphatic carboxylic acids is 1. The Labute approximate surface area is 128 Å². The fraction of sp³-hybridized carbons (Fsp3) is 0.467. The van der Waals surface area contributed by atoms with Crippen molar-refractivity contribution in [1.82, 2.24) is 10.2 Å². The van der Waals surface area contributed by atoms with Crippen LogP contribution < -0.4 is 5.32 Å². The molecule has 21 heavy (non-hydrogen) atoms. The molecule has 1 aliphatic rings. The number of nitrogens with one attached hydrogen (secondary N) is 1. The third-order valence-electron chi connectivity index (χ3n) is 3.64. The normalized spacial score (nSPS) is 17.8. The van der Waals surface area contributed by atoms with Crippen molar-refractivity contribution in [3.05, 3.63) is 34.9 Å². The number of amides is 2. The van der Waals surface area contributed by atoms with E-state index >= 15 is 0 Å². The first-order valence-corrected chi connectivity index (χ1v) is 7.41. The highest BCUT2D eigenvalue weighted by Gasteiger charge is 2.27. The van der Waals surface area contributed by atoms with Gasteiger partial charge in [0.1, 0.15) is 0 Å². The molecule has 1 unspecified atom stereocenters. The highest BCUT2D eigenvalue weighted by Crippen LogP contribution is 2.19. The zero-order valence-electron chi connectivity index (χ0n) is 11.7. The lowest BCUT2D eigenvalue weighted by Gasteiger charge is -2.17. The molecule has 2 rings (SSSR count). The highest BCUT2D eigenvalue weighted by molar-refractivity contribution is 6.30. The van der Waals surface area contributed by atoms with Crippen LogP contribution in [0.3, 0.4) is 0 Å². The lowest BCUT2D eigenvalue weighted by molar-refractivity contribution is -0.138. The van der Waals surface area contributed by atoms with E-state index in [9.17, 15) is 9.59 Å². The number of carboxylic acid groups (broad SMARTS) is 1. The van der Waals surface area contributed by atoms with Crippen LogP contribution in [0, 0.1) is 5.92 Å². The summed E-state index contributed by atoms with van der Waals surface area (Å²) in [6, 6.07) is 7.42. The molecule has 1 heterocycles. The van der Waals surface area contributed by atoms with Crippen molar-refractivity contribution >= 4 is 23.6 Å². The molecule has 0 saturated carbocycles. The fourth-order valence-electron chi connectivity index (χ4n) is 2.51. The van der Waals surface area contributed by atoms with E-state index in [-0.39, 0.29) is 18.4 Å². The Morgan fingerprint density at radius 1 is 1.33 bits per heavy atom. The van der Waals surface area contributed by atoms with Crippen molar-refractivity contribution in [3.8, 4) is 0 Å². The molecular weight excluding hydrogens is 292 g/mol. The van der Waals surface area contributed by atoms with Crippen LogP contribution in [0.1, 0.15) is 18.4 Å². The minimum atomic E-state index is -0.801. The van der Waals surface area contributed by atoms with Crippen LogP contribution in [0.4, 0.5) is 4.79 Å². The number of rotatable bonds is 5. The summed E-state index contributed by atoms with van der Waals surface area (Å²) < 4.78 is 0. The summed E-state index contributed by atoms with van der Waals surface area (Å²) in [6.45, 7) is 1.71. The summed E-state index contributed by atoms with van der Waals surface area (Å²) >= 11 is 5.81. The molecule has 1 saturated heterocycles. The van der Waals surface area contributed by atoms with E-state index < -0.39 is 5.97 Å². The molecule has 2 N–H and O–H groups in total. The molecule has 5 nitrogen and oxygen atoms in total. The second-order valence-electron chi connectivity index (χ2n) is 5.31. The third-order valence-corrected chi connectivity index (χ3v) is 3.89. The van der Waals surface area contributed by atoms with Gasteiger partial charge in [-0.25, -0.2) is 4.79 Å². The molecule has 0 aliphatic carbocycles. The van der Waals surface area contributed by atoms with Gasteiger partial charge in [0.2, 0.25) is 0 Å². The van der Waals surface area contributed by atoms with Crippen LogP contribution >= 0.6 is 11.6 Å². The monoisotopic (exact) mass is 310 g/mol. The molecule has 0 bridgehead atoms. The second-order valence-corrected chi connectivity index (χ2v) is 5.74. The van der Waals surface area contributed by atoms with E-state index in [1.165, 1.54) is 0 Å². The zero-order chi connectivity index (χ0) is 15.2. The number of hydrogen-bond acceptors (Lipinski definition) is 2. The summed E-state index contributed by atoms with van der Waals surface area (Å²) in [5.74, 6) is -0.727. The summed E-state index contributed by atoms with van der Waals surface area (Å²) in [4.78, 5) is 24.3. The van der Waals surface area contributed by atoms with E-state index in [4.69, 9.17) is 16.7 Å². The number of carbonyl (C=O) groups is 2. The first-order valence-electron chi connectivity index (χ1n) is 7.03. The average Bonchev–Trinajstić information content (AvgIpc) is 2.88. The lowest BCUT2D eigenvalue weighted by atomic mass is 10.1. The average molecular weight is 311 g/mol. The molecule has 0 aromatic heterocycles. The maximum atomic E-state index is 12.0. The van der Waals surface area contributed by atoms with Crippen LogP contribution in [0.5, 0.6) is 0 Å². The molecule has 1 aromatic carbocycles. The SMILES string of the molecule is O=C(O)CC1CCN(C(=O)NCCc2ccc(Cl)cc2)C1. The second kappa shape index (κ2) is 7.31. The standard InChI is InChI=1S/C15H19ClN2O3/c16-13-3-1-11(2-4-13)5-7-17-15(21)18-8-6-12(10-18)9-14(19)20/h1-4,12H,5-10H2,(H,17,21)(H,19,20). The number of hydrogen-bond donors (Lipinski definition) is 2. The van der Waals surface area contributed by atoms with Gasteiger partial charge in [-0.15, -0.1) is 0 Å². The van der Waals surface area contributed by atoms with Crippen LogP contribution in [-0.2, 0) is 11.2 Å². The molecule has 0 radical (unpaired) electrons. The van der Waals surface area contributed by atoms with E-state index in [1.54, 1.807) is 4.90 Å². The predicted molar refractivity (Wildman–Crippen MR) is 80.5 cm³/mol. The van der Waals surface area contributed by atoms with Gasteiger partial charge in [0.05, 0.1) is 0 Å². The Kier molecular flexibility index (Phi) is 5.44. The summed E-state index contributed by atoms with van der Waals surface area (Å²) in [6.07, 6.45) is 1.64. The van der Waals surface area contributed by atoms with Gasteiger partial charge in [0, 0.05) is 31.1 Å². The zero-order valence-corrected chi connectivity index (χ0v) is 12.5. The van der Waals surface area contributed by atoms with Gasteiger partial charge in [-0.3, -0.25) is 4.79 Å². The Hall–Kier alpha value is -1.75. The molecular formula is C15H19ClN2O3. The molecule has 6 heteroatoms. The van der Waals surface area contributed by atoms with Crippen LogP contribution in [0.25, 0.3) is 0 Å². The number of nitrogens with zero attached hydrogens (tertiary/aromatic N) is 1. The topological polar surface area (TPSA) is 69.6 Å². The van der Waals surface area contributed by atoms with Gasteiger partial charge in [-0.05, 0) is 36.5 Å². The minimum Gasteiger partial charge on any atom is -0.481 e. The van der Waals surface area contributed by atoms with Crippen molar-refractivity contribution < 1.29 is 14.7 Å². The summed E-state index contributed by atoms with van der Waals surface area (Å²) in [5.41, 5.74) is 1.12. The first kappa shape index (κ1) is 15.6. The number of carbonyl (C=O) groups excluding carboxylic acids is 1. The molecule has 1 fully saturated rings. The van der Waals surface area contributed by atoms with Gasteiger partial charge in [0.15, 0.2) is 0 Å². The highest BCUT2D eigenvalue weighted by atomic mass is 35.5. The Morgan fingerprint density at radius 2 is 2.05 bits per heavy atom. The molecule has 0 spiro atoms. The van der Waals surface area contributed by atoms with Crippen LogP contribution in [0.15, 0.2) is 24.3 Å². The molecule has 114 valence electrons. The van der Waals surface area contributed by atoms with Crippen molar-refractivity contribution in [3.63, 3.8) is 0 Å². The maximum absolute atomic E-state index is 12.0. The Morgan fingerprint density at radius 3 is 2.71 bits per heavy atom. The lowest BCUT2D eigenvalue weighted by Crippen LogP contribution is -2.39. The van der Waals surface area contributed by atoms with Crippen LogP contribution in [-0.4, -0.2) is 41.6 Å². The van der Waals surface area contributed by atoms with E-state index in [1.807, 2.05) is 24.3 Å². The fourth-order valence-corrected chi connectivity index (χ4v) is 2.63. The van der Waals surface area contributed by atoms with Crippen molar-refractivity contribution in [2.75, 3.05) is 19.6 Å². The number of carboxylic acids is 1. The van der Waals surface area contributed by atoms with E-state index in [0.29, 0.717) is 24.7 Å². The van der Waals surface area contributed by atoms with Crippen molar-refractivity contribution in [2.24, 2.45) is 5.92 Å². The summed E-state index contributed by atoms with van der Waals surface area (Å²) in [5, 5.41) is 12.3. The van der Waals surface area contributed by atoms with Crippen LogP contribution in [0.2, 0.25) is 5.02 Å². The Bertz CT molecular complexity index is 504. The van der Waals surface area contributed by atoms with Gasteiger partial charge < -0.3 is 15.3 Å². The minimum absolute atomic E-state index is 0.0736. The third kappa shape index (κ3) is 4.93. The number of likely N-dealkylation sites (tertiary alicyclic amines) is 1. The smallest absolute Gasteiger partial charge is 0.317 e. The van der Waals surface area contributed by atoms with Crippen molar-refractivity contribution in [1.29, 1.82) is 0 Å². The van der Waals surface area contributed by atoms with E-state index in [2.05, 4.69) is 5.32 Å². The van der Waals surface area contributed by atoms with Gasteiger partial charge >= 0.3 is 12.0 Å². The first-order chi connectivity index (χ1) is 10.0. The molecule has 2 amide bonds. The Balaban J connectivity index is 1.70. The molecule has 1 aromatic rings. The molecule has 1 atom stereocenters. The number of urea groups is 1. The molecule has 1 aliphatic heterocycles. The van der Waals surface area contributed by atoms with Gasteiger partial charge in [-0.2, -0.15) is 0 Å². The number of halogens is 1. The van der Waals surface area contributed by atoms with E-state index in [0.717, 1.165) is 18.4 Å². The van der Waals surface area contributed by atoms with Crippen molar-refractivity contribution in [2.45, 2.75) is 19.3 Å².